The summed E-state index contributed by atoms with van der Waals surface area (Å²) < 4.78 is 24.9. The van der Waals surface area contributed by atoms with E-state index in [2.05, 4.69) is 10.6 Å². The number of nitrogens with one attached hydrogen (secondary N) is 2. The van der Waals surface area contributed by atoms with E-state index in [0.717, 1.165) is 7.11 Å². The summed E-state index contributed by atoms with van der Waals surface area (Å²) in [6, 6.07) is -1.41. The predicted molar refractivity (Wildman–Crippen MR) is 106 cm³/mol. The molecule has 1 heterocycles. The van der Waals surface area contributed by atoms with Gasteiger partial charge in [0.15, 0.2) is 0 Å². The summed E-state index contributed by atoms with van der Waals surface area (Å²) in [4.78, 5) is 35.5. The molecule has 0 aromatic carbocycles. The molecule has 0 bridgehead atoms. The lowest BCUT2D eigenvalue weighted by Crippen LogP contribution is -2.68. The molecule has 1 saturated heterocycles. The number of amides is 2. The van der Waals surface area contributed by atoms with Crippen LogP contribution in [0.1, 0.15) is 6.42 Å². The van der Waals surface area contributed by atoms with Crippen molar-refractivity contribution in [2.45, 2.75) is 42.7 Å². The van der Waals surface area contributed by atoms with Gasteiger partial charge in [0.1, 0.15) is 31.5 Å². The van der Waals surface area contributed by atoms with Crippen LogP contribution in [0.3, 0.4) is 0 Å². The minimum absolute atomic E-state index is 0.0754. The van der Waals surface area contributed by atoms with Gasteiger partial charge in [-0.3, -0.25) is 4.79 Å². The molecule has 0 aromatic rings. The van der Waals surface area contributed by atoms with Crippen molar-refractivity contribution in [1.82, 2.24) is 10.6 Å². The van der Waals surface area contributed by atoms with Gasteiger partial charge in [0.25, 0.3) is 5.79 Å². The van der Waals surface area contributed by atoms with Crippen LogP contribution in [0.2, 0.25) is 0 Å². The Kier molecular flexibility index (Phi) is 12.5. The summed E-state index contributed by atoms with van der Waals surface area (Å²) in [6.07, 6.45) is -8.51. The Bertz CT molecular complexity index is 636. The van der Waals surface area contributed by atoms with Crippen LogP contribution >= 0.6 is 0 Å². The van der Waals surface area contributed by atoms with Crippen LogP contribution in [0.5, 0.6) is 0 Å². The van der Waals surface area contributed by atoms with E-state index >= 15 is 0 Å². The fraction of sp³-hybridized carbons (Fsp3) is 0.833. The van der Waals surface area contributed by atoms with Crippen LogP contribution < -0.4 is 10.6 Å². The standard InChI is InChI=1S/C18H32N2O13/c1-29-3-4-31-5-6-32-17(28)19-8-12(24)20-13-10(22)7-18(30-2,16(26)27)33-15(13)14(25)11(23)9-21/h10-11,13-15,21-23,25H,3-9H2,1-2H3,(H,19,28)(H,20,24)(H,26,27)/t10-,11-,13-,14-,15?,18-/m1/s1. The summed E-state index contributed by atoms with van der Waals surface area (Å²) in [5, 5.41) is 53.5. The third kappa shape index (κ3) is 8.63. The largest absolute Gasteiger partial charge is 0.477 e. The number of carbonyl (C=O) groups is 3. The minimum Gasteiger partial charge on any atom is -0.477 e. The summed E-state index contributed by atoms with van der Waals surface area (Å²) in [5.41, 5.74) is 0. The lowest BCUT2D eigenvalue weighted by Gasteiger charge is -2.46. The van der Waals surface area contributed by atoms with Gasteiger partial charge in [-0.25, -0.2) is 9.59 Å². The molecule has 15 nitrogen and oxygen atoms in total. The number of carbonyl (C=O) groups excluding carboxylic acids is 2. The maximum Gasteiger partial charge on any atom is 0.407 e. The third-order valence-electron chi connectivity index (χ3n) is 4.76. The number of carboxylic acids is 1. The Morgan fingerprint density at radius 2 is 1.82 bits per heavy atom. The summed E-state index contributed by atoms with van der Waals surface area (Å²) in [5.74, 6) is -4.82. The van der Waals surface area contributed by atoms with Gasteiger partial charge in [-0.1, -0.05) is 0 Å². The zero-order chi connectivity index (χ0) is 25.0. The zero-order valence-electron chi connectivity index (χ0n) is 18.3. The number of aliphatic carboxylic acids is 1. The number of carboxylic acid groups (broad SMARTS) is 1. The Morgan fingerprint density at radius 3 is 2.39 bits per heavy atom. The molecule has 1 aliphatic heterocycles. The van der Waals surface area contributed by atoms with E-state index in [4.69, 9.17) is 28.8 Å². The predicted octanol–water partition coefficient (Wildman–Crippen LogP) is -3.85. The van der Waals surface area contributed by atoms with Crippen molar-refractivity contribution in [2.75, 3.05) is 53.8 Å². The van der Waals surface area contributed by atoms with Crippen LogP contribution in [-0.4, -0.2) is 134 Å². The van der Waals surface area contributed by atoms with E-state index in [0.29, 0.717) is 13.2 Å². The Balaban J connectivity index is 2.69. The molecule has 1 aliphatic rings. The van der Waals surface area contributed by atoms with Crippen LogP contribution in [0.15, 0.2) is 0 Å². The molecule has 1 unspecified atom stereocenters. The number of hydrogen-bond acceptors (Lipinski definition) is 12. The second-order valence-corrected chi connectivity index (χ2v) is 7.04. The number of aliphatic hydroxyl groups is 4. The van der Waals surface area contributed by atoms with Gasteiger partial charge in [-0.05, 0) is 0 Å². The molecule has 192 valence electrons. The van der Waals surface area contributed by atoms with Gasteiger partial charge in [0, 0.05) is 20.6 Å². The second kappa shape index (κ2) is 14.2. The number of hydrogen-bond donors (Lipinski definition) is 7. The number of rotatable bonds is 14. The quantitative estimate of drug-likeness (QED) is 0.117. The van der Waals surface area contributed by atoms with Crippen molar-refractivity contribution in [3.63, 3.8) is 0 Å². The van der Waals surface area contributed by atoms with Crippen molar-refractivity contribution in [3.05, 3.63) is 0 Å². The highest BCUT2D eigenvalue weighted by Crippen LogP contribution is 2.32. The van der Waals surface area contributed by atoms with Crippen molar-refractivity contribution >= 4 is 18.0 Å². The molecule has 0 radical (unpaired) electrons. The van der Waals surface area contributed by atoms with Crippen LogP contribution in [0, 0.1) is 0 Å². The van der Waals surface area contributed by atoms with Crippen molar-refractivity contribution in [3.8, 4) is 0 Å². The normalized spacial score (nSPS) is 26.8. The number of alkyl carbamates (subject to hydrolysis) is 1. The van der Waals surface area contributed by atoms with Crippen molar-refractivity contribution < 1.29 is 63.6 Å². The van der Waals surface area contributed by atoms with E-state index in [9.17, 15) is 34.8 Å². The smallest absolute Gasteiger partial charge is 0.407 e. The highest BCUT2D eigenvalue weighted by Gasteiger charge is 2.55. The highest BCUT2D eigenvalue weighted by molar-refractivity contribution is 5.82. The van der Waals surface area contributed by atoms with E-state index in [-0.39, 0.29) is 13.2 Å². The molecule has 15 heteroatoms. The van der Waals surface area contributed by atoms with Crippen molar-refractivity contribution in [1.29, 1.82) is 0 Å². The van der Waals surface area contributed by atoms with E-state index < -0.39 is 73.8 Å². The molecule has 0 aromatic heterocycles. The lowest BCUT2D eigenvalue weighted by atomic mass is 9.88. The van der Waals surface area contributed by atoms with E-state index in [1.54, 1.807) is 0 Å². The molecule has 6 atom stereocenters. The van der Waals surface area contributed by atoms with Crippen LogP contribution in [0.25, 0.3) is 0 Å². The Morgan fingerprint density at radius 1 is 1.15 bits per heavy atom. The van der Waals surface area contributed by atoms with Gasteiger partial charge in [-0.15, -0.1) is 0 Å². The molecule has 0 spiro atoms. The van der Waals surface area contributed by atoms with Crippen LogP contribution in [-0.2, 0) is 33.3 Å². The molecule has 1 fully saturated rings. The van der Waals surface area contributed by atoms with Gasteiger partial charge in [0.05, 0.1) is 38.6 Å². The number of aliphatic hydroxyl groups excluding tert-OH is 4. The first-order valence-electron chi connectivity index (χ1n) is 10.00. The fourth-order valence-corrected chi connectivity index (χ4v) is 2.98. The molecule has 2 amide bonds. The SMILES string of the molecule is COCCOCCOC(=O)NCC(=O)N[C@H]1C([C@H](O)[C@H](O)CO)O[C@@](OC)(C(=O)O)C[C@H]1O. The number of ether oxygens (including phenoxy) is 5. The summed E-state index contributed by atoms with van der Waals surface area (Å²) in [7, 11) is 2.51. The van der Waals surface area contributed by atoms with Crippen LogP contribution in [0.4, 0.5) is 4.79 Å². The third-order valence-corrected chi connectivity index (χ3v) is 4.76. The van der Waals surface area contributed by atoms with Crippen molar-refractivity contribution in [2.24, 2.45) is 0 Å². The molecular formula is C18H32N2O13. The van der Waals surface area contributed by atoms with E-state index in [1.807, 2.05) is 0 Å². The topological polar surface area (TPSA) is 223 Å². The second-order valence-electron chi connectivity index (χ2n) is 7.04. The maximum absolute atomic E-state index is 12.3. The number of methoxy groups -OCH3 is 2. The van der Waals surface area contributed by atoms with E-state index in [1.165, 1.54) is 7.11 Å². The van der Waals surface area contributed by atoms with Gasteiger partial charge >= 0.3 is 12.1 Å². The fourth-order valence-electron chi connectivity index (χ4n) is 2.98. The average Bonchev–Trinajstić information content (AvgIpc) is 2.79. The zero-order valence-corrected chi connectivity index (χ0v) is 18.3. The molecule has 7 N–H and O–H groups in total. The molecule has 33 heavy (non-hydrogen) atoms. The first-order valence-corrected chi connectivity index (χ1v) is 10.00. The monoisotopic (exact) mass is 484 g/mol. The average molecular weight is 484 g/mol. The highest BCUT2D eigenvalue weighted by atomic mass is 16.7. The van der Waals surface area contributed by atoms with Gasteiger partial charge in [0.2, 0.25) is 5.91 Å². The minimum atomic E-state index is -2.37. The molecule has 0 aliphatic carbocycles. The molecule has 0 saturated carbocycles. The first-order chi connectivity index (χ1) is 15.6. The summed E-state index contributed by atoms with van der Waals surface area (Å²) >= 11 is 0. The summed E-state index contributed by atoms with van der Waals surface area (Å²) in [6.45, 7) is -0.758. The van der Waals surface area contributed by atoms with Gasteiger partial charge in [-0.2, -0.15) is 0 Å². The van der Waals surface area contributed by atoms with Gasteiger partial charge < -0.3 is 59.9 Å². The Hall–Kier alpha value is -2.11. The maximum atomic E-state index is 12.3. The molecular weight excluding hydrogens is 452 g/mol. The molecule has 1 rings (SSSR count). The lowest BCUT2D eigenvalue weighted by molar-refractivity contribution is -0.303. The first kappa shape index (κ1) is 28.9. The Labute approximate surface area is 189 Å².